The van der Waals surface area contributed by atoms with Crippen molar-refractivity contribution in [2.45, 2.75) is 20.1 Å². The molecule has 6 heteroatoms. The smallest absolute Gasteiger partial charge is 0.161 e. The van der Waals surface area contributed by atoms with E-state index >= 15 is 0 Å². The van der Waals surface area contributed by atoms with Crippen molar-refractivity contribution < 1.29 is 14.2 Å². The Bertz CT molecular complexity index is 680. The van der Waals surface area contributed by atoms with E-state index in [1.54, 1.807) is 19.2 Å². The van der Waals surface area contributed by atoms with E-state index in [1.807, 2.05) is 31.2 Å². The molecule has 0 bridgehead atoms. The highest BCUT2D eigenvalue weighted by Crippen LogP contribution is 2.30. The highest BCUT2D eigenvalue weighted by molar-refractivity contribution is 6.35. The minimum atomic E-state index is 0.349. The standard InChI is InChI=1S/C19H23Cl2NO3/c1-3-24-19-10-14(12-22-8-9-23-2)4-7-18(19)25-13-15-5-6-16(20)11-17(15)21/h4-7,10-11,22H,3,8-9,12-13H2,1-2H3. The zero-order valence-corrected chi connectivity index (χ0v) is 16.0. The van der Waals surface area contributed by atoms with Crippen LogP contribution in [0.25, 0.3) is 0 Å². The van der Waals surface area contributed by atoms with Crippen molar-refractivity contribution in [3.8, 4) is 11.5 Å². The molecule has 2 aromatic carbocycles. The summed E-state index contributed by atoms with van der Waals surface area (Å²) in [5.41, 5.74) is 2.00. The van der Waals surface area contributed by atoms with Gasteiger partial charge < -0.3 is 19.5 Å². The highest BCUT2D eigenvalue weighted by atomic mass is 35.5. The summed E-state index contributed by atoms with van der Waals surface area (Å²) >= 11 is 12.1. The van der Waals surface area contributed by atoms with E-state index in [9.17, 15) is 0 Å². The maximum absolute atomic E-state index is 6.19. The number of hydrogen-bond donors (Lipinski definition) is 1. The Kier molecular flexibility index (Phi) is 8.35. The van der Waals surface area contributed by atoms with Crippen LogP contribution < -0.4 is 14.8 Å². The summed E-state index contributed by atoms with van der Waals surface area (Å²) in [4.78, 5) is 0. The van der Waals surface area contributed by atoms with Crippen molar-refractivity contribution in [2.24, 2.45) is 0 Å². The zero-order valence-electron chi connectivity index (χ0n) is 14.5. The van der Waals surface area contributed by atoms with Crippen LogP contribution in [0.2, 0.25) is 10.0 Å². The van der Waals surface area contributed by atoms with Gasteiger partial charge in [0, 0.05) is 35.8 Å². The Morgan fingerprint density at radius 1 is 1.00 bits per heavy atom. The Balaban J connectivity index is 2.03. The summed E-state index contributed by atoms with van der Waals surface area (Å²) < 4.78 is 16.6. The first kappa shape index (κ1) is 19.9. The first-order valence-corrected chi connectivity index (χ1v) is 8.91. The minimum absolute atomic E-state index is 0.349. The van der Waals surface area contributed by atoms with Gasteiger partial charge in [0.2, 0.25) is 0 Å². The second-order valence-electron chi connectivity index (χ2n) is 5.41. The Morgan fingerprint density at radius 3 is 2.56 bits per heavy atom. The summed E-state index contributed by atoms with van der Waals surface area (Å²) in [7, 11) is 1.69. The molecule has 0 saturated heterocycles. The lowest BCUT2D eigenvalue weighted by molar-refractivity contribution is 0.199. The summed E-state index contributed by atoms with van der Waals surface area (Å²) in [6, 6.07) is 11.3. The molecule has 0 aliphatic heterocycles. The molecule has 0 unspecified atom stereocenters. The maximum atomic E-state index is 6.19. The van der Waals surface area contributed by atoms with Crippen LogP contribution in [0.5, 0.6) is 11.5 Å². The minimum Gasteiger partial charge on any atom is -0.490 e. The fourth-order valence-corrected chi connectivity index (χ4v) is 2.71. The molecule has 0 heterocycles. The van der Waals surface area contributed by atoms with Crippen LogP contribution in [0, 0.1) is 0 Å². The van der Waals surface area contributed by atoms with Crippen molar-refractivity contribution >= 4 is 23.2 Å². The molecule has 1 N–H and O–H groups in total. The van der Waals surface area contributed by atoms with Gasteiger partial charge in [-0.3, -0.25) is 0 Å². The molecule has 0 saturated carbocycles. The molecule has 0 atom stereocenters. The van der Waals surface area contributed by atoms with E-state index < -0.39 is 0 Å². The van der Waals surface area contributed by atoms with E-state index in [0.717, 1.165) is 30.0 Å². The third-order valence-electron chi connectivity index (χ3n) is 3.52. The van der Waals surface area contributed by atoms with Crippen LogP contribution in [0.3, 0.4) is 0 Å². The van der Waals surface area contributed by atoms with Crippen molar-refractivity contribution in [2.75, 3.05) is 26.9 Å². The van der Waals surface area contributed by atoms with Crippen LogP contribution in [-0.4, -0.2) is 26.9 Å². The molecule has 4 nitrogen and oxygen atoms in total. The predicted molar refractivity (Wildman–Crippen MR) is 102 cm³/mol. The van der Waals surface area contributed by atoms with Crippen LogP contribution in [0.1, 0.15) is 18.1 Å². The molecule has 0 amide bonds. The monoisotopic (exact) mass is 383 g/mol. The molecular weight excluding hydrogens is 361 g/mol. The first-order chi connectivity index (χ1) is 12.1. The lowest BCUT2D eigenvalue weighted by atomic mass is 10.2. The van der Waals surface area contributed by atoms with Gasteiger partial charge in [0.15, 0.2) is 11.5 Å². The lowest BCUT2D eigenvalue weighted by Crippen LogP contribution is -2.18. The van der Waals surface area contributed by atoms with Crippen LogP contribution in [0.15, 0.2) is 36.4 Å². The largest absolute Gasteiger partial charge is 0.490 e. The number of halogens is 2. The van der Waals surface area contributed by atoms with Crippen molar-refractivity contribution in [1.82, 2.24) is 5.32 Å². The van der Waals surface area contributed by atoms with Gasteiger partial charge in [0.05, 0.1) is 13.2 Å². The van der Waals surface area contributed by atoms with Crippen molar-refractivity contribution in [3.63, 3.8) is 0 Å². The molecule has 0 fully saturated rings. The highest BCUT2D eigenvalue weighted by Gasteiger charge is 2.09. The van der Waals surface area contributed by atoms with Crippen LogP contribution in [-0.2, 0) is 17.9 Å². The summed E-state index contributed by atoms with van der Waals surface area (Å²) in [6.45, 7) is 5.09. The molecule has 0 aliphatic carbocycles. The number of ether oxygens (including phenoxy) is 3. The van der Waals surface area contributed by atoms with Gasteiger partial charge >= 0.3 is 0 Å². The molecule has 136 valence electrons. The average Bonchev–Trinajstić information content (AvgIpc) is 2.59. The predicted octanol–water partition coefficient (Wildman–Crippen LogP) is 4.71. The second-order valence-corrected chi connectivity index (χ2v) is 6.25. The fourth-order valence-electron chi connectivity index (χ4n) is 2.25. The molecule has 0 radical (unpaired) electrons. The zero-order chi connectivity index (χ0) is 18.1. The third kappa shape index (κ3) is 6.40. The molecule has 0 aromatic heterocycles. The first-order valence-electron chi connectivity index (χ1n) is 8.16. The Hall–Kier alpha value is -1.46. The van der Waals surface area contributed by atoms with Gasteiger partial charge in [-0.1, -0.05) is 35.3 Å². The van der Waals surface area contributed by atoms with E-state index in [0.29, 0.717) is 35.6 Å². The quantitative estimate of drug-likeness (QED) is 0.603. The van der Waals surface area contributed by atoms with Gasteiger partial charge in [-0.05, 0) is 36.8 Å². The van der Waals surface area contributed by atoms with E-state index in [1.165, 1.54) is 0 Å². The van der Waals surface area contributed by atoms with Gasteiger partial charge in [-0.25, -0.2) is 0 Å². The normalized spacial score (nSPS) is 10.7. The third-order valence-corrected chi connectivity index (χ3v) is 4.11. The SMILES string of the molecule is CCOc1cc(CNCCOC)ccc1OCc1ccc(Cl)cc1Cl. The summed E-state index contributed by atoms with van der Waals surface area (Å²) in [6.07, 6.45) is 0. The van der Waals surface area contributed by atoms with Crippen molar-refractivity contribution in [3.05, 3.63) is 57.6 Å². The number of nitrogens with one attached hydrogen (secondary N) is 1. The number of rotatable bonds is 10. The molecule has 25 heavy (non-hydrogen) atoms. The maximum Gasteiger partial charge on any atom is 0.161 e. The van der Waals surface area contributed by atoms with Crippen LogP contribution in [0.4, 0.5) is 0 Å². The number of benzene rings is 2. The molecular formula is C19H23Cl2NO3. The van der Waals surface area contributed by atoms with Crippen molar-refractivity contribution in [1.29, 1.82) is 0 Å². The number of hydrogen-bond acceptors (Lipinski definition) is 4. The molecule has 2 rings (SSSR count). The Morgan fingerprint density at radius 2 is 1.84 bits per heavy atom. The summed E-state index contributed by atoms with van der Waals surface area (Å²) in [5, 5.41) is 4.50. The van der Waals surface area contributed by atoms with Gasteiger partial charge in [-0.15, -0.1) is 0 Å². The van der Waals surface area contributed by atoms with Gasteiger partial charge in [-0.2, -0.15) is 0 Å². The van der Waals surface area contributed by atoms with Gasteiger partial charge in [0.1, 0.15) is 6.61 Å². The second kappa shape index (κ2) is 10.5. The average molecular weight is 384 g/mol. The number of methoxy groups -OCH3 is 1. The van der Waals surface area contributed by atoms with E-state index in [4.69, 9.17) is 37.4 Å². The fraction of sp³-hybridized carbons (Fsp3) is 0.368. The Labute approximate surface area is 159 Å². The lowest BCUT2D eigenvalue weighted by Gasteiger charge is -2.14. The van der Waals surface area contributed by atoms with E-state index in [-0.39, 0.29) is 0 Å². The topological polar surface area (TPSA) is 39.7 Å². The molecule has 2 aromatic rings. The van der Waals surface area contributed by atoms with Gasteiger partial charge in [0.25, 0.3) is 0 Å². The molecule has 0 aliphatic rings. The van der Waals surface area contributed by atoms with Crippen LogP contribution >= 0.6 is 23.2 Å². The molecule has 0 spiro atoms. The summed E-state index contributed by atoms with van der Waals surface area (Å²) in [5.74, 6) is 1.41. The van der Waals surface area contributed by atoms with E-state index in [2.05, 4.69) is 5.32 Å².